The molecule has 0 aromatic heterocycles. The van der Waals surface area contributed by atoms with Crippen LogP contribution >= 0.6 is 0 Å². The first-order valence-corrected chi connectivity index (χ1v) is 6.39. The maximum Gasteiger partial charge on any atom is 0.333 e. The quantitative estimate of drug-likeness (QED) is 0.832. The predicted molar refractivity (Wildman–Crippen MR) is 71.1 cm³/mol. The lowest BCUT2D eigenvalue weighted by atomic mass is 9.81. The number of nitrogens with two attached hydrogens (primary N) is 1. The van der Waals surface area contributed by atoms with Gasteiger partial charge in [-0.1, -0.05) is 36.4 Å². The lowest BCUT2D eigenvalue weighted by molar-refractivity contribution is -0.138. The number of esters is 1. The lowest BCUT2D eigenvalue weighted by Gasteiger charge is -2.28. The molecule has 0 fully saturated rings. The summed E-state index contributed by atoms with van der Waals surface area (Å²) >= 11 is 0. The Morgan fingerprint density at radius 2 is 2.11 bits per heavy atom. The predicted octanol–water partition coefficient (Wildman–Crippen LogP) is 2.38. The topological polar surface area (TPSA) is 52.3 Å². The summed E-state index contributed by atoms with van der Waals surface area (Å²) in [6.45, 7) is 2.22. The molecular weight excluding hydrogens is 226 g/mol. The summed E-state index contributed by atoms with van der Waals surface area (Å²) < 4.78 is 5.01. The molecule has 0 bridgehead atoms. The van der Waals surface area contributed by atoms with E-state index in [0.717, 1.165) is 12.0 Å². The van der Waals surface area contributed by atoms with Crippen molar-refractivity contribution in [3.05, 3.63) is 47.5 Å². The van der Waals surface area contributed by atoms with Crippen molar-refractivity contribution in [1.82, 2.24) is 0 Å². The molecule has 1 aromatic rings. The molecule has 18 heavy (non-hydrogen) atoms. The molecule has 0 saturated heterocycles. The molecule has 1 aromatic carbocycles. The normalized spacial score (nSPS) is 23.3. The van der Waals surface area contributed by atoms with E-state index in [2.05, 4.69) is 12.1 Å². The Balaban J connectivity index is 2.10. The molecule has 0 saturated carbocycles. The van der Waals surface area contributed by atoms with Crippen molar-refractivity contribution in [2.45, 2.75) is 31.7 Å². The minimum atomic E-state index is -0.223. The fourth-order valence-electron chi connectivity index (χ4n) is 2.40. The number of allylic oxidation sites excluding steroid dienone is 1. The van der Waals surface area contributed by atoms with Gasteiger partial charge in [-0.15, -0.1) is 0 Å². The van der Waals surface area contributed by atoms with Crippen LogP contribution in [0.2, 0.25) is 0 Å². The summed E-state index contributed by atoms with van der Waals surface area (Å²) in [5.41, 5.74) is 8.15. The second-order valence-electron chi connectivity index (χ2n) is 4.57. The van der Waals surface area contributed by atoms with Gasteiger partial charge in [-0.2, -0.15) is 0 Å². The zero-order chi connectivity index (χ0) is 13.0. The van der Waals surface area contributed by atoms with E-state index in [-0.39, 0.29) is 12.0 Å². The number of rotatable bonds is 3. The Morgan fingerprint density at radius 1 is 1.39 bits per heavy atom. The van der Waals surface area contributed by atoms with Gasteiger partial charge >= 0.3 is 5.97 Å². The second kappa shape index (κ2) is 5.83. The fraction of sp³-hybridized carbons (Fsp3) is 0.400. The zero-order valence-corrected chi connectivity index (χ0v) is 10.6. The van der Waals surface area contributed by atoms with E-state index in [1.54, 1.807) is 0 Å². The van der Waals surface area contributed by atoms with Crippen LogP contribution in [0.3, 0.4) is 0 Å². The van der Waals surface area contributed by atoms with Crippen LogP contribution in [0.5, 0.6) is 0 Å². The van der Waals surface area contributed by atoms with Crippen molar-refractivity contribution in [3.8, 4) is 0 Å². The summed E-state index contributed by atoms with van der Waals surface area (Å²) in [7, 11) is 0. The van der Waals surface area contributed by atoms with Crippen LogP contribution in [0.25, 0.3) is 0 Å². The number of ether oxygens (including phenoxy) is 1. The summed E-state index contributed by atoms with van der Waals surface area (Å²) in [5.74, 6) is 0.0730. The maximum atomic E-state index is 11.6. The molecule has 3 heteroatoms. The van der Waals surface area contributed by atoms with Crippen LogP contribution in [0.1, 0.15) is 31.2 Å². The highest BCUT2D eigenvalue weighted by Crippen LogP contribution is 2.31. The molecule has 3 nitrogen and oxygen atoms in total. The van der Waals surface area contributed by atoms with Gasteiger partial charge in [0.15, 0.2) is 0 Å². The number of carbonyl (C=O) groups excluding carboxylic acids is 1. The Hall–Kier alpha value is -1.61. The van der Waals surface area contributed by atoms with E-state index in [4.69, 9.17) is 10.5 Å². The van der Waals surface area contributed by atoms with Crippen LogP contribution < -0.4 is 5.73 Å². The first-order valence-electron chi connectivity index (χ1n) is 6.39. The molecule has 2 rings (SSSR count). The Labute approximate surface area is 108 Å². The molecule has 1 aliphatic carbocycles. The van der Waals surface area contributed by atoms with Crippen LogP contribution in [0, 0.1) is 0 Å². The van der Waals surface area contributed by atoms with E-state index in [0.29, 0.717) is 18.9 Å². The van der Waals surface area contributed by atoms with E-state index in [1.165, 1.54) is 5.56 Å². The average molecular weight is 245 g/mol. The SMILES string of the molecule is CCOC(=O)C1=CC[C@@H](c2ccccc2)[C@H](N)C1. The minimum absolute atomic E-state index is 0.0168. The summed E-state index contributed by atoms with van der Waals surface area (Å²) in [5, 5.41) is 0. The average Bonchev–Trinajstić information content (AvgIpc) is 2.40. The van der Waals surface area contributed by atoms with Crippen LogP contribution in [0.15, 0.2) is 42.0 Å². The number of benzene rings is 1. The standard InChI is InChI=1S/C15H19NO2/c1-2-18-15(17)12-8-9-13(14(16)10-12)11-6-4-3-5-7-11/h3-8,13-14H,2,9-10,16H2,1H3/t13-,14+/m0/s1. The van der Waals surface area contributed by atoms with Gasteiger partial charge in [0.2, 0.25) is 0 Å². The second-order valence-corrected chi connectivity index (χ2v) is 4.57. The number of hydrogen-bond acceptors (Lipinski definition) is 3. The first-order chi connectivity index (χ1) is 8.72. The highest BCUT2D eigenvalue weighted by molar-refractivity contribution is 5.88. The zero-order valence-electron chi connectivity index (χ0n) is 10.6. The third-order valence-corrected chi connectivity index (χ3v) is 3.36. The van der Waals surface area contributed by atoms with Gasteiger partial charge in [0, 0.05) is 17.5 Å². The summed E-state index contributed by atoms with van der Waals surface area (Å²) in [4.78, 5) is 11.6. The van der Waals surface area contributed by atoms with Crippen molar-refractivity contribution in [2.75, 3.05) is 6.61 Å². The highest BCUT2D eigenvalue weighted by atomic mass is 16.5. The monoisotopic (exact) mass is 245 g/mol. The third-order valence-electron chi connectivity index (χ3n) is 3.36. The van der Waals surface area contributed by atoms with Crippen molar-refractivity contribution < 1.29 is 9.53 Å². The van der Waals surface area contributed by atoms with Gasteiger partial charge in [0.1, 0.15) is 0 Å². The van der Waals surface area contributed by atoms with Crippen molar-refractivity contribution in [3.63, 3.8) is 0 Å². The van der Waals surface area contributed by atoms with Gasteiger partial charge in [-0.3, -0.25) is 0 Å². The molecule has 1 aliphatic rings. The van der Waals surface area contributed by atoms with E-state index in [1.807, 2.05) is 31.2 Å². The van der Waals surface area contributed by atoms with Gasteiger partial charge in [0.05, 0.1) is 6.61 Å². The molecule has 0 radical (unpaired) electrons. The van der Waals surface area contributed by atoms with Crippen molar-refractivity contribution in [1.29, 1.82) is 0 Å². The van der Waals surface area contributed by atoms with E-state index < -0.39 is 0 Å². The molecule has 0 amide bonds. The van der Waals surface area contributed by atoms with Crippen LogP contribution in [0.4, 0.5) is 0 Å². The molecule has 0 spiro atoms. The molecule has 2 atom stereocenters. The van der Waals surface area contributed by atoms with Gasteiger partial charge in [0.25, 0.3) is 0 Å². The largest absolute Gasteiger partial charge is 0.463 e. The Bertz CT molecular complexity index is 439. The highest BCUT2D eigenvalue weighted by Gasteiger charge is 2.27. The molecular formula is C15H19NO2. The van der Waals surface area contributed by atoms with Crippen molar-refractivity contribution in [2.24, 2.45) is 5.73 Å². The summed E-state index contributed by atoms with van der Waals surface area (Å²) in [6, 6.07) is 10.2. The maximum absolute atomic E-state index is 11.6. The van der Waals surface area contributed by atoms with Gasteiger partial charge < -0.3 is 10.5 Å². The molecule has 0 unspecified atom stereocenters. The summed E-state index contributed by atoms with van der Waals surface area (Å²) in [6.07, 6.45) is 3.37. The lowest BCUT2D eigenvalue weighted by Crippen LogP contribution is -2.33. The Morgan fingerprint density at radius 3 is 2.72 bits per heavy atom. The smallest absolute Gasteiger partial charge is 0.333 e. The number of hydrogen-bond donors (Lipinski definition) is 1. The van der Waals surface area contributed by atoms with Crippen molar-refractivity contribution >= 4 is 5.97 Å². The molecule has 0 heterocycles. The minimum Gasteiger partial charge on any atom is -0.463 e. The fourth-order valence-corrected chi connectivity index (χ4v) is 2.40. The Kier molecular flexibility index (Phi) is 4.15. The molecule has 0 aliphatic heterocycles. The van der Waals surface area contributed by atoms with E-state index >= 15 is 0 Å². The number of carbonyl (C=O) groups is 1. The molecule has 96 valence electrons. The molecule has 2 N–H and O–H groups in total. The third kappa shape index (κ3) is 2.79. The van der Waals surface area contributed by atoms with E-state index in [9.17, 15) is 4.79 Å². The van der Waals surface area contributed by atoms with Crippen LogP contribution in [-0.2, 0) is 9.53 Å². The first kappa shape index (κ1) is 12.8. The van der Waals surface area contributed by atoms with Crippen LogP contribution in [-0.4, -0.2) is 18.6 Å². The van der Waals surface area contributed by atoms with Gasteiger partial charge in [-0.25, -0.2) is 4.79 Å². The van der Waals surface area contributed by atoms with Gasteiger partial charge in [-0.05, 0) is 25.3 Å².